The number of hydrogen-bond acceptors (Lipinski definition) is 2. The zero-order valence-corrected chi connectivity index (χ0v) is 12.0. The van der Waals surface area contributed by atoms with Crippen LogP contribution in [0.3, 0.4) is 0 Å². The van der Waals surface area contributed by atoms with Gasteiger partial charge in [0, 0.05) is 11.1 Å². The fourth-order valence-electron chi connectivity index (χ4n) is 1.65. The Bertz CT molecular complexity index is 572. The lowest BCUT2D eigenvalue weighted by Gasteiger charge is -2.19. The molecule has 5 heteroatoms. The van der Waals surface area contributed by atoms with Crippen molar-refractivity contribution in [1.29, 1.82) is 0 Å². The van der Waals surface area contributed by atoms with Crippen molar-refractivity contribution in [3.63, 3.8) is 0 Å². The van der Waals surface area contributed by atoms with Crippen LogP contribution in [-0.4, -0.2) is 15.5 Å². The molecule has 0 spiro atoms. The van der Waals surface area contributed by atoms with E-state index in [1.807, 2.05) is 0 Å². The second-order valence-electron chi connectivity index (χ2n) is 5.47. The van der Waals surface area contributed by atoms with Crippen molar-refractivity contribution in [2.45, 2.75) is 32.9 Å². The molecule has 0 aliphatic heterocycles. The van der Waals surface area contributed by atoms with Crippen molar-refractivity contribution in [1.82, 2.24) is 15.3 Å². The summed E-state index contributed by atoms with van der Waals surface area (Å²) in [5.41, 5.74) is 1.56. The van der Waals surface area contributed by atoms with Gasteiger partial charge in [0.15, 0.2) is 0 Å². The monoisotopic (exact) mass is 281 g/mol. The van der Waals surface area contributed by atoms with Crippen LogP contribution in [-0.2, 0) is 6.54 Å². The van der Waals surface area contributed by atoms with Gasteiger partial charge in [0.25, 0.3) is 0 Å². The fourth-order valence-corrected chi connectivity index (χ4v) is 1.92. The second kappa shape index (κ2) is 5.31. The SMILES string of the molecule is CC(C)(C)NCc1ncc(-c2ccc(F)cc2Cl)[nH]1. The average molecular weight is 282 g/mol. The molecule has 0 aliphatic carbocycles. The van der Waals surface area contributed by atoms with Crippen LogP contribution < -0.4 is 5.32 Å². The molecule has 1 aromatic heterocycles. The molecule has 102 valence electrons. The molecular formula is C14H17ClFN3. The number of nitrogens with one attached hydrogen (secondary N) is 2. The maximum atomic E-state index is 13.0. The van der Waals surface area contributed by atoms with Crippen LogP contribution in [0.15, 0.2) is 24.4 Å². The molecule has 19 heavy (non-hydrogen) atoms. The van der Waals surface area contributed by atoms with Crippen LogP contribution >= 0.6 is 11.6 Å². The summed E-state index contributed by atoms with van der Waals surface area (Å²) in [5, 5.41) is 3.71. The molecule has 1 aromatic carbocycles. The molecule has 0 unspecified atom stereocenters. The van der Waals surface area contributed by atoms with Crippen molar-refractivity contribution in [2.75, 3.05) is 0 Å². The predicted molar refractivity (Wildman–Crippen MR) is 75.6 cm³/mol. The van der Waals surface area contributed by atoms with E-state index in [1.54, 1.807) is 12.3 Å². The van der Waals surface area contributed by atoms with Crippen LogP contribution in [0.5, 0.6) is 0 Å². The average Bonchev–Trinajstić information content (AvgIpc) is 2.74. The van der Waals surface area contributed by atoms with Gasteiger partial charge >= 0.3 is 0 Å². The first-order chi connectivity index (χ1) is 8.85. The van der Waals surface area contributed by atoms with E-state index in [9.17, 15) is 4.39 Å². The minimum absolute atomic E-state index is 0.0282. The van der Waals surface area contributed by atoms with E-state index in [0.29, 0.717) is 11.6 Å². The lowest BCUT2D eigenvalue weighted by Crippen LogP contribution is -2.35. The molecule has 0 fully saturated rings. The minimum atomic E-state index is -0.345. The van der Waals surface area contributed by atoms with Gasteiger partial charge in [-0.2, -0.15) is 0 Å². The number of imidazole rings is 1. The Morgan fingerprint density at radius 3 is 2.74 bits per heavy atom. The smallest absolute Gasteiger partial charge is 0.124 e. The van der Waals surface area contributed by atoms with Gasteiger partial charge in [0.1, 0.15) is 11.6 Å². The van der Waals surface area contributed by atoms with Gasteiger partial charge in [-0.05, 0) is 39.0 Å². The quantitative estimate of drug-likeness (QED) is 0.899. The Labute approximate surface area is 117 Å². The van der Waals surface area contributed by atoms with Gasteiger partial charge in [-0.3, -0.25) is 0 Å². The first kappa shape index (κ1) is 14.0. The summed E-state index contributed by atoms with van der Waals surface area (Å²) in [6.45, 7) is 6.91. The fraction of sp³-hybridized carbons (Fsp3) is 0.357. The Morgan fingerprint density at radius 1 is 1.37 bits per heavy atom. The third-order valence-corrected chi connectivity index (χ3v) is 2.95. The molecule has 0 bridgehead atoms. The molecule has 2 rings (SSSR count). The molecule has 0 amide bonds. The van der Waals surface area contributed by atoms with Crippen molar-refractivity contribution < 1.29 is 4.39 Å². The highest BCUT2D eigenvalue weighted by Crippen LogP contribution is 2.27. The molecule has 3 nitrogen and oxygen atoms in total. The third-order valence-electron chi connectivity index (χ3n) is 2.64. The third kappa shape index (κ3) is 3.78. The summed E-state index contributed by atoms with van der Waals surface area (Å²) in [6.07, 6.45) is 1.71. The summed E-state index contributed by atoms with van der Waals surface area (Å²) in [6, 6.07) is 4.33. The highest BCUT2D eigenvalue weighted by molar-refractivity contribution is 6.33. The van der Waals surface area contributed by atoms with Gasteiger partial charge in [0.05, 0.1) is 23.5 Å². The molecule has 0 saturated carbocycles. The Morgan fingerprint density at radius 2 is 2.11 bits per heavy atom. The lowest BCUT2D eigenvalue weighted by molar-refractivity contribution is 0.418. The molecule has 2 aromatic rings. The summed E-state index contributed by atoms with van der Waals surface area (Å²) < 4.78 is 13.0. The van der Waals surface area contributed by atoms with Gasteiger partial charge in [-0.15, -0.1) is 0 Å². The van der Waals surface area contributed by atoms with Crippen LogP contribution in [0.1, 0.15) is 26.6 Å². The molecule has 2 N–H and O–H groups in total. The number of H-pyrrole nitrogens is 1. The van der Waals surface area contributed by atoms with E-state index in [0.717, 1.165) is 17.1 Å². The van der Waals surface area contributed by atoms with Crippen LogP contribution in [0.2, 0.25) is 5.02 Å². The molecular weight excluding hydrogens is 265 g/mol. The maximum Gasteiger partial charge on any atom is 0.124 e. The summed E-state index contributed by atoms with van der Waals surface area (Å²) >= 11 is 6.02. The molecule has 0 saturated heterocycles. The largest absolute Gasteiger partial charge is 0.341 e. The maximum absolute atomic E-state index is 13.0. The Balaban J connectivity index is 2.16. The van der Waals surface area contributed by atoms with Crippen LogP contribution in [0, 0.1) is 5.82 Å². The molecule has 1 heterocycles. The first-order valence-electron chi connectivity index (χ1n) is 6.09. The number of aromatic amines is 1. The summed E-state index contributed by atoms with van der Waals surface area (Å²) in [4.78, 5) is 7.47. The van der Waals surface area contributed by atoms with E-state index in [4.69, 9.17) is 11.6 Å². The highest BCUT2D eigenvalue weighted by Gasteiger charge is 2.11. The van der Waals surface area contributed by atoms with Crippen molar-refractivity contribution in [3.05, 3.63) is 41.1 Å². The van der Waals surface area contributed by atoms with Crippen molar-refractivity contribution in [3.8, 4) is 11.3 Å². The standard InChI is InChI=1S/C14H17ClFN3/c1-14(2,3)18-8-13-17-7-12(19-13)10-5-4-9(16)6-11(10)15/h4-7,18H,8H2,1-3H3,(H,17,19). The number of halogens is 2. The van der Waals surface area contributed by atoms with Gasteiger partial charge < -0.3 is 10.3 Å². The van der Waals surface area contributed by atoms with E-state index in [2.05, 4.69) is 36.1 Å². The minimum Gasteiger partial charge on any atom is -0.341 e. The van der Waals surface area contributed by atoms with E-state index >= 15 is 0 Å². The highest BCUT2D eigenvalue weighted by atomic mass is 35.5. The summed E-state index contributed by atoms with van der Waals surface area (Å²) in [5.74, 6) is 0.480. The van der Waals surface area contributed by atoms with E-state index in [-0.39, 0.29) is 11.4 Å². The molecule has 0 atom stereocenters. The predicted octanol–water partition coefficient (Wildman–Crippen LogP) is 3.76. The number of benzene rings is 1. The topological polar surface area (TPSA) is 40.7 Å². The Kier molecular flexibility index (Phi) is 3.92. The number of aromatic nitrogens is 2. The second-order valence-corrected chi connectivity index (χ2v) is 5.88. The van der Waals surface area contributed by atoms with Crippen LogP contribution in [0.4, 0.5) is 4.39 Å². The van der Waals surface area contributed by atoms with Crippen molar-refractivity contribution >= 4 is 11.6 Å². The summed E-state index contributed by atoms with van der Waals surface area (Å²) in [7, 11) is 0. The normalized spacial score (nSPS) is 11.8. The van der Waals surface area contributed by atoms with Crippen molar-refractivity contribution in [2.24, 2.45) is 0 Å². The van der Waals surface area contributed by atoms with Gasteiger partial charge in [-0.1, -0.05) is 11.6 Å². The van der Waals surface area contributed by atoms with Gasteiger partial charge in [-0.25, -0.2) is 9.37 Å². The van der Waals surface area contributed by atoms with Gasteiger partial charge in [0.2, 0.25) is 0 Å². The Hall–Kier alpha value is -1.39. The number of nitrogens with zero attached hydrogens (tertiary/aromatic N) is 1. The zero-order valence-electron chi connectivity index (χ0n) is 11.2. The van der Waals surface area contributed by atoms with E-state index in [1.165, 1.54) is 12.1 Å². The molecule has 0 radical (unpaired) electrons. The lowest BCUT2D eigenvalue weighted by atomic mass is 10.1. The first-order valence-corrected chi connectivity index (χ1v) is 6.47. The van der Waals surface area contributed by atoms with Crippen LogP contribution in [0.25, 0.3) is 11.3 Å². The molecule has 0 aliphatic rings. The zero-order chi connectivity index (χ0) is 14.0. The van der Waals surface area contributed by atoms with E-state index < -0.39 is 0 Å². The number of hydrogen-bond donors (Lipinski definition) is 2. The number of rotatable bonds is 3.